The highest BCUT2D eigenvalue weighted by Crippen LogP contribution is 2.46. The largest absolute Gasteiger partial charge is 0.507 e. The van der Waals surface area contributed by atoms with Crippen LogP contribution < -0.4 is 9.47 Å². The third kappa shape index (κ3) is 4.78. The van der Waals surface area contributed by atoms with Crippen molar-refractivity contribution in [2.45, 2.75) is 52.5 Å². The number of aliphatic hydroxyl groups is 1. The van der Waals surface area contributed by atoms with Crippen LogP contribution >= 0.6 is 0 Å². The Morgan fingerprint density at radius 1 is 1.11 bits per heavy atom. The number of aliphatic hydroxyl groups excluding tert-OH is 1. The van der Waals surface area contributed by atoms with Crippen LogP contribution in [0.3, 0.4) is 0 Å². The third-order valence-electron chi connectivity index (χ3n) is 6.66. The zero-order valence-electron chi connectivity index (χ0n) is 21.4. The van der Waals surface area contributed by atoms with Gasteiger partial charge in [0.25, 0.3) is 5.91 Å². The monoisotopic (exact) mass is 493 g/mol. The minimum absolute atomic E-state index is 0.109. The highest BCUT2D eigenvalue weighted by atomic mass is 16.5. The maximum Gasteiger partial charge on any atom is 0.273 e. The Labute approximate surface area is 211 Å². The molecule has 3 N–H and O–H groups in total. The molecule has 0 aliphatic carbocycles. The fourth-order valence-electron chi connectivity index (χ4n) is 5.01. The van der Waals surface area contributed by atoms with Crippen LogP contribution in [0.25, 0.3) is 11.3 Å². The van der Waals surface area contributed by atoms with Crippen LogP contribution in [0.4, 0.5) is 0 Å². The van der Waals surface area contributed by atoms with Crippen LogP contribution in [0.2, 0.25) is 0 Å². The average Bonchev–Trinajstić information content (AvgIpc) is 3.38. The highest BCUT2D eigenvalue weighted by molar-refractivity contribution is 6.00. The lowest BCUT2D eigenvalue weighted by molar-refractivity contribution is 0.0706. The first kappa shape index (κ1) is 25.6. The van der Waals surface area contributed by atoms with E-state index in [9.17, 15) is 15.0 Å². The zero-order valence-corrected chi connectivity index (χ0v) is 21.4. The maximum atomic E-state index is 13.3. The van der Waals surface area contributed by atoms with Gasteiger partial charge in [-0.1, -0.05) is 38.3 Å². The molecule has 0 saturated carbocycles. The summed E-state index contributed by atoms with van der Waals surface area (Å²) < 4.78 is 11.6. The summed E-state index contributed by atoms with van der Waals surface area (Å²) in [6.07, 6.45) is 4.44. The number of phenolic OH excluding ortho intramolecular Hbond substituents is 1. The van der Waals surface area contributed by atoms with Crippen LogP contribution in [0, 0.1) is 13.8 Å². The normalized spacial score (nSPS) is 14.9. The Bertz CT molecular complexity index is 1210. The molecular formula is C28H35N3O5. The van der Waals surface area contributed by atoms with Gasteiger partial charge in [-0.15, -0.1) is 0 Å². The SMILES string of the molecule is CCCCCCOc1ccc(C2c3c(-c4c(C)cc(C)cc4O)n[nH]c3C(=O)N2CCO)cc1OC. The van der Waals surface area contributed by atoms with Gasteiger partial charge < -0.3 is 24.6 Å². The molecule has 4 rings (SSSR count). The van der Waals surface area contributed by atoms with E-state index in [1.54, 1.807) is 18.1 Å². The van der Waals surface area contributed by atoms with E-state index in [-0.39, 0.29) is 24.8 Å². The summed E-state index contributed by atoms with van der Waals surface area (Å²) in [7, 11) is 1.59. The fraction of sp³-hybridized carbons (Fsp3) is 0.429. The number of nitrogens with one attached hydrogen (secondary N) is 1. The number of carbonyl (C=O) groups excluding carboxylic acids is 1. The van der Waals surface area contributed by atoms with Gasteiger partial charge in [-0.25, -0.2) is 0 Å². The van der Waals surface area contributed by atoms with Crippen LogP contribution in [0.1, 0.15) is 71.4 Å². The lowest BCUT2D eigenvalue weighted by atomic mass is 9.93. The van der Waals surface area contributed by atoms with Gasteiger partial charge in [0.05, 0.1) is 26.4 Å². The van der Waals surface area contributed by atoms with Crippen LogP contribution in [0.15, 0.2) is 30.3 Å². The zero-order chi connectivity index (χ0) is 25.8. The van der Waals surface area contributed by atoms with Crippen molar-refractivity contribution < 1.29 is 24.5 Å². The molecule has 1 aromatic heterocycles. The van der Waals surface area contributed by atoms with E-state index in [0.717, 1.165) is 29.5 Å². The first-order valence-electron chi connectivity index (χ1n) is 12.5. The maximum absolute atomic E-state index is 13.3. The summed E-state index contributed by atoms with van der Waals surface area (Å²) in [5, 5.41) is 27.9. The average molecular weight is 494 g/mol. The first-order valence-corrected chi connectivity index (χ1v) is 12.5. The highest BCUT2D eigenvalue weighted by Gasteiger charge is 2.42. The van der Waals surface area contributed by atoms with Crippen LogP contribution in [-0.4, -0.2) is 58.1 Å². The number of ether oxygens (including phenoxy) is 2. The number of carbonyl (C=O) groups is 1. The Morgan fingerprint density at radius 2 is 1.92 bits per heavy atom. The summed E-state index contributed by atoms with van der Waals surface area (Å²) in [6.45, 7) is 6.59. The predicted molar refractivity (Wildman–Crippen MR) is 138 cm³/mol. The van der Waals surface area contributed by atoms with E-state index in [0.29, 0.717) is 40.6 Å². The molecule has 1 aliphatic rings. The number of phenols is 1. The topological polar surface area (TPSA) is 108 Å². The van der Waals surface area contributed by atoms with Crippen molar-refractivity contribution in [3.05, 3.63) is 58.3 Å². The summed E-state index contributed by atoms with van der Waals surface area (Å²) in [5.41, 5.74) is 4.74. The van der Waals surface area contributed by atoms with E-state index in [4.69, 9.17) is 9.47 Å². The number of aromatic amines is 1. The van der Waals surface area contributed by atoms with E-state index in [1.165, 1.54) is 12.8 Å². The van der Waals surface area contributed by atoms with E-state index >= 15 is 0 Å². The molecule has 2 heterocycles. The number of benzene rings is 2. The molecule has 1 atom stereocenters. The first-order chi connectivity index (χ1) is 17.4. The Kier molecular flexibility index (Phi) is 7.84. The van der Waals surface area contributed by atoms with Crippen molar-refractivity contribution in [2.24, 2.45) is 0 Å². The second kappa shape index (κ2) is 11.0. The van der Waals surface area contributed by atoms with Gasteiger partial charge in [0.15, 0.2) is 11.5 Å². The van der Waals surface area contributed by atoms with Crippen molar-refractivity contribution in [1.82, 2.24) is 15.1 Å². The minimum Gasteiger partial charge on any atom is -0.507 e. The van der Waals surface area contributed by atoms with E-state index < -0.39 is 6.04 Å². The molecule has 1 aliphatic heterocycles. The number of methoxy groups -OCH3 is 1. The van der Waals surface area contributed by atoms with Crippen molar-refractivity contribution in [1.29, 1.82) is 0 Å². The summed E-state index contributed by atoms with van der Waals surface area (Å²) in [4.78, 5) is 14.9. The van der Waals surface area contributed by atoms with Crippen molar-refractivity contribution >= 4 is 5.91 Å². The molecule has 0 radical (unpaired) electrons. The number of unbranched alkanes of at least 4 members (excludes halogenated alkanes) is 3. The lowest BCUT2D eigenvalue weighted by Crippen LogP contribution is -2.32. The molecule has 36 heavy (non-hydrogen) atoms. The Balaban J connectivity index is 1.75. The molecule has 0 saturated heterocycles. The number of fused-ring (bicyclic) bond motifs is 1. The molecule has 3 aromatic rings. The van der Waals surface area contributed by atoms with Crippen molar-refractivity contribution in [2.75, 3.05) is 26.9 Å². The number of aryl methyl sites for hydroxylation is 2. The molecule has 8 heteroatoms. The minimum atomic E-state index is -0.513. The number of nitrogens with zero attached hydrogens (tertiary/aromatic N) is 2. The molecule has 192 valence electrons. The number of hydrogen-bond acceptors (Lipinski definition) is 6. The molecule has 0 fully saturated rings. The number of H-pyrrole nitrogens is 1. The third-order valence-corrected chi connectivity index (χ3v) is 6.66. The smallest absolute Gasteiger partial charge is 0.273 e. The summed E-state index contributed by atoms with van der Waals surface area (Å²) in [6, 6.07) is 8.81. The number of hydrogen-bond donors (Lipinski definition) is 3. The van der Waals surface area contributed by atoms with Gasteiger partial charge in [-0.05, 0) is 55.2 Å². The van der Waals surface area contributed by atoms with Gasteiger partial charge in [0.2, 0.25) is 0 Å². The Hall–Kier alpha value is -3.52. The van der Waals surface area contributed by atoms with Gasteiger partial charge >= 0.3 is 0 Å². The Morgan fingerprint density at radius 3 is 2.61 bits per heavy atom. The summed E-state index contributed by atoms with van der Waals surface area (Å²) >= 11 is 0. The molecule has 0 spiro atoms. The quantitative estimate of drug-likeness (QED) is 0.328. The van der Waals surface area contributed by atoms with Crippen LogP contribution in [0.5, 0.6) is 17.2 Å². The van der Waals surface area contributed by atoms with Crippen molar-refractivity contribution in [3.63, 3.8) is 0 Å². The van der Waals surface area contributed by atoms with Crippen LogP contribution in [-0.2, 0) is 0 Å². The van der Waals surface area contributed by atoms with Gasteiger partial charge in [-0.3, -0.25) is 9.89 Å². The predicted octanol–water partition coefficient (Wildman–Crippen LogP) is 4.90. The fourth-order valence-corrected chi connectivity index (χ4v) is 5.01. The number of aromatic nitrogens is 2. The molecule has 1 amide bonds. The number of rotatable bonds is 11. The molecule has 8 nitrogen and oxygen atoms in total. The van der Waals surface area contributed by atoms with Gasteiger partial charge in [0.1, 0.15) is 17.1 Å². The van der Waals surface area contributed by atoms with Gasteiger partial charge in [0, 0.05) is 17.7 Å². The number of aromatic hydroxyl groups is 1. The van der Waals surface area contributed by atoms with Crippen molar-refractivity contribution in [3.8, 4) is 28.5 Å². The van der Waals surface area contributed by atoms with E-state index in [2.05, 4.69) is 17.1 Å². The second-order valence-corrected chi connectivity index (χ2v) is 9.28. The molecule has 2 aromatic carbocycles. The van der Waals surface area contributed by atoms with Gasteiger partial charge in [-0.2, -0.15) is 5.10 Å². The molecule has 0 bridgehead atoms. The molecule has 1 unspecified atom stereocenters. The second-order valence-electron chi connectivity index (χ2n) is 9.28. The number of amides is 1. The number of β-amino-alcohol motifs (C(OH)–C–C–N with tert-alkyl or cyclic N) is 1. The summed E-state index contributed by atoms with van der Waals surface area (Å²) in [5.74, 6) is 1.09. The van der Waals surface area contributed by atoms with E-state index in [1.807, 2.05) is 38.1 Å². The molecular weight excluding hydrogens is 458 g/mol. The standard InChI is InChI=1S/C28H35N3O5/c1-5-6-7-8-13-36-21-10-9-19(16-22(21)35-4)27-24-25(23-18(3)14-17(2)15-20(23)33)29-30-26(24)28(34)31(27)11-12-32/h9-10,14-16,27,32-33H,5-8,11-13H2,1-4H3,(H,29,30). The lowest BCUT2D eigenvalue weighted by Gasteiger charge is -2.26.